The lowest BCUT2D eigenvalue weighted by molar-refractivity contribution is 0.247. The fourth-order valence-corrected chi connectivity index (χ4v) is 2.09. The fraction of sp³-hybridized carbons (Fsp3) is 0.615. The minimum absolute atomic E-state index is 0.753. The molecule has 1 saturated heterocycles. The summed E-state index contributed by atoms with van der Waals surface area (Å²) in [5.41, 5.74) is 1.20. The molecule has 2 rings (SSSR count). The van der Waals surface area contributed by atoms with Gasteiger partial charge in [-0.05, 0) is 56.8 Å². The average Bonchev–Trinajstić information content (AvgIpc) is 2.30. The first-order valence-corrected chi connectivity index (χ1v) is 6.11. The first kappa shape index (κ1) is 11.4. The van der Waals surface area contributed by atoms with Crippen molar-refractivity contribution in [2.24, 2.45) is 5.92 Å². The van der Waals surface area contributed by atoms with E-state index >= 15 is 0 Å². The molecule has 0 unspecified atom stereocenters. The second kappa shape index (κ2) is 5.85. The van der Waals surface area contributed by atoms with Crippen molar-refractivity contribution >= 4 is 0 Å². The van der Waals surface area contributed by atoms with Gasteiger partial charge in [0.25, 0.3) is 0 Å². The Hall–Kier alpha value is -1.09. The number of nitrogens with zero attached hydrogens (tertiary/aromatic N) is 1. The Labute approximate surface area is 97.2 Å². The lowest BCUT2D eigenvalue weighted by atomic mass is 9.97. The number of aryl methyl sites for hydroxylation is 1. The zero-order valence-electron chi connectivity index (χ0n) is 9.91. The van der Waals surface area contributed by atoms with Gasteiger partial charge < -0.3 is 10.1 Å². The summed E-state index contributed by atoms with van der Waals surface area (Å²) >= 11 is 0. The second-order valence-corrected chi connectivity index (χ2v) is 4.52. The molecule has 2 heterocycles. The van der Waals surface area contributed by atoms with Gasteiger partial charge in [-0.1, -0.05) is 0 Å². The van der Waals surface area contributed by atoms with Crippen LogP contribution in [0.25, 0.3) is 0 Å². The molecule has 3 heteroatoms. The smallest absolute Gasteiger partial charge is 0.213 e. The van der Waals surface area contributed by atoms with E-state index < -0.39 is 0 Å². The van der Waals surface area contributed by atoms with E-state index in [1.165, 1.54) is 24.9 Å². The zero-order valence-corrected chi connectivity index (χ0v) is 9.91. The third-order valence-electron chi connectivity index (χ3n) is 3.07. The van der Waals surface area contributed by atoms with Crippen LogP contribution in [0.3, 0.4) is 0 Å². The molecule has 16 heavy (non-hydrogen) atoms. The number of aromatic nitrogens is 1. The predicted molar refractivity (Wildman–Crippen MR) is 64.7 cm³/mol. The van der Waals surface area contributed by atoms with Crippen LogP contribution in [-0.4, -0.2) is 24.7 Å². The van der Waals surface area contributed by atoms with E-state index in [9.17, 15) is 0 Å². The molecule has 0 bridgehead atoms. The van der Waals surface area contributed by atoms with Crippen molar-refractivity contribution in [2.45, 2.75) is 26.2 Å². The summed E-state index contributed by atoms with van der Waals surface area (Å²) in [5, 5.41) is 3.42. The van der Waals surface area contributed by atoms with Gasteiger partial charge in [-0.15, -0.1) is 0 Å². The average molecular weight is 220 g/mol. The molecular formula is C13H20N2O. The molecule has 0 spiro atoms. The molecule has 1 N–H and O–H groups in total. The molecule has 1 aromatic rings. The minimum atomic E-state index is 0.753. The molecule has 1 aromatic heterocycles. The van der Waals surface area contributed by atoms with Gasteiger partial charge in [0, 0.05) is 12.3 Å². The zero-order chi connectivity index (χ0) is 11.2. The molecule has 0 radical (unpaired) electrons. The summed E-state index contributed by atoms with van der Waals surface area (Å²) in [4.78, 5) is 4.18. The third-order valence-corrected chi connectivity index (χ3v) is 3.07. The van der Waals surface area contributed by atoms with Crippen LogP contribution >= 0.6 is 0 Å². The highest BCUT2D eigenvalue weighted by atomic mass is 16.5. The Morgan fingerprint density at radius 1 is 1.56 bits per heavy atom. The lowest BCUT2D eigenvalue weighted by Gasteiger charge is -2.22. The van der Waals surface area contributed by atoms with E-state index in [4.69, 9.17) is 4.74 Å². The van der Waals surface area contributed by atoms with Crippen LogP contribution in [0.1, 0.15) is 24.8 Å². The highest BCUT2D eigenvalue weighted by Gasteiger charge is 2.12. The fourth-order valence-electron chi connectivity index (χ4n) is 2.09. The second-order valence-electron chi connectivity index (χ2n) is 4.52. The van der Waals surface area contributed by atoms with E-state index in [1.807, 2.05) is 12.1 Å². The molecule has 0 aromatic carbocycles. The third kappa shape index (κ3) is 3.49. The predicted octanol–water partition coefficient (Wildman–Crippen LogP) is 2.16. The van der Waals surface area contributed by atoms with Crippen molar-refractivity contribution in [2.75, 3.05) is 19.7 Å². The molecule has 3 nitrogen and oxygen atoms in total. The first-order chi connectivity index (χ1) is 7.84. The number of rotatable bonds is 4. The van der Waals surface area contributed by atoms with Crippen molar-refractivity contribution in [3.63, 3.8) is 0 Å². The summed E-state index contributed by atoms with van der Waals surface area (Å²) in [6.07, 6.45) is 5.56. The van der Waals surface area contributed by atoms with Crippen molar-refractivity contribution in [1.29, 1.82) is 0 Å². The van der Waals surface area contributed by atoms with Crippen LogP contribution < -0.4 is 10.1 Å². The summed E-state index contributed by atoms with van der Waals surface area (Å²) in [7, 11) is 0. The topological polar surface area (TPSA) is 34.1 Å². The summed E-state index contributed by atoms with van der Waals surface area (Å²) in [6, 6.07) is 3.97. The highest BCUT2D eigenvalue weighted by molar-refractivity contribution is 5.18. The standard InChI is InChI=1S/C13H20N2O/c1-11-4-7-15-13(9-11)16-8-5-12-3-2-6-14-10-12/h4,7,9,12,14H,2-3,5-6,8,10H2,1H3/t12-/m0/s1. The molecule has 1 atom stereocenters. The number of ether oxygens (including phenoxy) is 1. The molecular weight excluding hydrogens is 200 g/mol. The summed E-state index contributed by atoms with van der Waals surface area (Å²) in [6.45, 7) is 5.16. The van der Waals surface area contributed by atoms with Crippen molar-refractivity contribution < 1.29 is 4.74 Å². The van der Waals surface area contributed by atoms with Crippen LogP contribution in [-0.2, 0) is 0 Å². The number of nitrogens with one attached hydrogen (secondary N) is 1. The highest BCUT2D eigenvalue weighted by Crippen LogP contribution is 2.15. The Bertz CT molecular complexity index is 321. The van der Waals surface area contributed by atoms with Crippen molar-refractivity contribution in [1.82, 2.24) is 10.3 Å². The van der Waals surface area contributed by atoms with Crippen LogP contribution in [0.2, 0.25) is 0 Å². The molecule has 0 amide bonds. The Morgan fingerprint density at radius 2 is 2.50 bits per heavy atom. The van der Waals surface area contributed by atoms with Gasteiger partial charge in [-0.3, -0.25) is 0 Å². The molecule has 0 saturated carbocycles. The van der Waals surface area contributed by atoms with Gasteiger partial charge >= 0.3 is 0 Å². The lowest BCUT2D eigenvalue weighted by Crippen LogP contribution is -2.30. The van der Waals surface area contributed by atoms with Gasteiger partial charge in [0.1, 0.15) is 0 Å². The molecule has 88 valence electrons. The summed E-state index contributed by atoms with van der Waals surface area (Å²) in [5.74, 6) is 1.53. The van der Waals surface area contributed by atoms with Gasteiger partial charge in [0.15, 0.2) is 0 Å². The van der Waals surface area contributed by atoms with Gasteiger partial charge in [0.05, 0.1) is 6.61 Å². The van der Waals surface area contributed by atoms with Crippen LogP contribution in [0, 0.1) is 12.8 Å². The van der Waals surface area contributed by atoms with E-state index in [1.54, 1.807) is 6.20 Å². The van der Waals surface area contributed by atoms with E-state index in [0.29, 0.717) is 0 Å². The molecule has 1 fully saturated rings. The van der Waals surface area contributed by atoms with E-state index in [-0.39, 0.29) is 0 Å². The number of pyridine rings is 1. The minimum Gasteiger partial charge on any atom is -0.478 e. The quantitative estimate of drug-likeness (QED) is 0.844. The first-order valence-electron chi connectivity index (χ1n) is 6.11. The summed E-state index contributed by atoms with van der Waals surface area (Å²) < 4.78 is 5.65. The Kier molecular flexibility index (Phi) is 4.17. The van der Waals surface area contributed by atoms with E-state index in [0.717, 1.165) is 31.4 Å². The number of hydrogen-bond donors (Lipinski definition) is 1. The van der Waals surface area contributed by atoms with Crippen molar-refractivity contribution in [3.05, 3.63) is 23.9 Å². The van der Waals surface area contributed by atoms with Gasteiger partial charge in [-0.2, -0.15) is 0 Å². The van der Waals surface area contributed by atoms with Crippen LogP contribution in [0.4, 0.5) is 0 Å². The maximum absolute atomic E-state index is 5.65. The Balaban J connectivity index is 1.71. The SMILES string of the molecule is Cc1ccnc(OCC[C@@H]2CCCNC2)c1. The Morgan fingerprint density at radius 3 is 3.25 bits per heavy atom. The maximum atomic E-state index is 5.65. The van der Waals surface area contributed by atoms with Crippen LogP contribution in [0.15, 0.2) is 18.3 Å². The largest absolute Gasteiger partial charge is 0.478 e. The van der Waals surface area contributed by atoms with E-state index in [2.05, 4.69) is 17.2 Å². The van der Waals surface area contributed by atoms with Crippen LogP contribution in [0.5, 0.6) is 5.88 Å². The molecule has 1 aliphatic rings. The maximum Gasteiger partial charge on any atom is 0.213 e. The van der Waals surface area contributed by atoms with Gasteiger partial charge in [-0.25, -0.2) is 4.98 Å². The van der Waals surface area contributed by atoms with Crippen molar-refractivity contribution in [3.8, 4) is 5.88 Å². The molecule has 1 aliphatic heterocycles. The number of hydrogen-bond acceptors (Lipinski definition) is 3. The normalized spacial score (nSPS) is 20.7. The molecule has 0 aliphatic carbocycles. The van der Waals surface area contributed by atoms with Gasteiger partial charge in [0.2, 0.25) is 5.88 Å². The monoisotopic (exact) mass is 220 g/mol. The number of piperidine rings is 1.